The molecule has 1 aliphatic carbocycles. The Kier molecular flexibility index (Phi) is 4.15. The number of fused-ring (bicyclic) bond motifs is 1. The van der Waals surface area contributed by atoms with Crippen molar-refractivity contribution in [1.82, 2.24) is 14.9 Å². The number of rotatable bonds is 4. The number of alkyl halides is 1. The lowest BCUT2D eigenvalue weighted by Gasteiger charge is -2.36. The van der Waals surface area contributed by atoms with Gasteiger partial charge in [0.1, 0.15) is 22.7 Å². The Labute approximate surface area is 167 Å². The average molecular weight is 396 g/mol. The van der Waals surface area contributed by atoms with Crippen LogP contribution in [0.25, 0.3) is 11.0 Å². The molecule has 1 aliphatic heterocycles. The van der Waals surface area contributed by atoms with E-state index in [0.29, 0.717) is 61.3 Å². The van der Waals surface area contributed by atoms with Crippen LogP contribution in [0.3, 0.4) is 0 Å². The van der Waals surface area contributed by atoms with Crippen LogP contribution in [0.2, 0.25) is 0 Å². The van der Waals surface area contributed by atoms with E-state index in [2.05, 4.69) is 14.9 Å². The van der Waals surface area contributed by atoms with E-state index in [1.54, 1.807) is 36.7 Å². The quantitative estimate of drug-likeness (QED) is 0.675. The zero-order valence-electron chi connectivity index (χ0n) is 16.1. The number of anilines is 1. The third-order valence-corrected chi connectivity index (χ3v) is 5.67. The standard InChI is InChI=1S/C21H21FN4O3/c1-28-17-2-5-23-13-16(17)25-6-8-26(9-7-25)20(27)15-12-24-11-14-10-18(29-19(14)15)21(22)3-4-21/h2,5,10-13H,3-4,6-9H2,1H3. The SMILES string of the molecule is COc1ccncc1N1CCN(C(=O)c2cncc3cc(C4(F)CC4)oc23)CC1. The molecule has 150 valence electrons. The maximum Gasteiger partial charge on any atom is 0.259 e. The summed E-state index contributed by atoms with van der Waals surface area (Å²) in [5.41, 5.74) is 0.332. The zero-order valence-corrected chi connectivity index (χ0v) is 16.1. The molecule has 2 aliphatic rings. The van der Waals surface area contributed by atoms with Crippen LogP contribution < -0.4 is 9.64 Å². The highest BCUT2D eigenvalue weighted by atomic mass is 19.1. The summed E-state index contributed by atoms with van der Waals surface area (Å²) >= 11 is 0. The highest BCUT2D eigenvalue weighted by Gasteiger charge is 2.48. The number of nitrogens with zero attached hydrogens (tertiary/aromatic N) is 4. The second-order valence-corrected chi connectivity index (χ2v) is 7.51. The van der Waals surface area contributed by atoms with Gasteiger partial charge in [-0.1, -0.05) is 0 Å². The molecule has 0 radical (unpaired) electrons. The summed E-state index contributed by atoms with van der Waals surface area (Å²) in [7, 11) is 1.63. The molecule has 0 N–H and O–H groups in total. The van der Waals surface area contributed by atoms with Crippen molar-refractivity contribution in [3.63, 3.8) is 0 Å². The number of amides is 1. The van der Waals surface area contributed by atoms with Crippen molar-refractivity contribution in [2.45, 2.75) is 18.5 Å². The molecule has 8 heteroatoms. The number of furan rings is 1. The second kappa shape index (κ2) is 6.72. The van der Waals surface area contributed by atoms with Gasteiger partial charge in [-0.05, 0) is 18.9 Å². The molecule has 3 aromatic rings. The predicted molar refractivity (Wildman–Crippen MR) is 105 cm³/mol. The molecular weight excluding hydrogens is 375 g/mol. The normalized spacial score (nSPS) is 18.1. The number of halogens is 1. The van der Waals surface area contributed by atoms with Gasteiger partial charge in [0.05, 0.1) is 19.0 Å². The smallest absolute Gasteiger partial charge is 0.259 e. The highest BCUT2D eigenvalue weighted by Crippen LogP contribution is 2.51. The van der Waals surface area contributed by atoms with Gasteiger partial charge in [-0.2, -0.15) is 0 Å². The van der Waals surface area contributed by atoms with Crippen molar-refractivity contribution in [2.24, 2.45) is 0 Å². The summed E-state index contributed by atoms with van der Waals surface area (Å²) in [6, 6.07) is 3.49. The molecule has 0 unspecified atom stereocenters. The van der Waals surface area contributed by atoms with Crippen molar-refractivity contribution < 1.29 is 18.3 Å². The van der Waals surface area contributed by atoms with Crippen molar-refractivity contribution in [3.05, 3.63) is 48.2 Å². The molecule has 1 amide bonds. The van der Waals surface area contributed by atoms with Crippen LogP contribution in [0.1, 0.15) is 29.0 Å². The molecule has 29 heavy (non-hydrogen) atoms. The maximum absolute atomic E-state index is 14.4. The first-order valence-corrected chi connectivity index (χ1v) is 9.68. The van der Waals surface area contributed by atoms with Crippen molar-refractivity contribution >= 4 is 22.6 Å². The molecule has 0 aromatic carbocycles. The number of ether oxygens (including phenoxy) is 1. The first-order chi connectivity index (χ1) is 14.1. The van der Waals surface area contributed by atoms with Crippen LogP contribution >= 0.6 is 0 Å². The lowest BCUT2D eigenvalue weighted by atomic mass is 10.1. The van der Waals surface area contributed by atoms with Crippen molar-refractivity contribution in [1.29, 1.82) is 0 Å². The Balaban J connectivity index is 1.35. The van der Waals surface area contributed by atoms with Gasteiger partial charge in [0.25, 0.3) is 5.91 Å². The molecule has 3 aromatic heterocycles. The van der Waals surface area contributed by atoms with E-state index in [1.807, 2.05) is 6.07 Å². The fourth-order valence-electron chi connectivity index (χ4n) is 3.80. The fraction of sp³-hybridized carbons (Fsp3) is 0.381. The van der Waals surface area contributed by atoms with Crippen LogP contribution in [0, 0.1) is 0 Å². The number of carbonyl (C=O) groups is 1. The first-order valence-electron chi connectivity index (χ1n) is 9.68. The lowest BCUT2D eigenvalue weighted by Crippen LogP contribution is -2.49. The van der Waals surface area contributed by atoms with Crippen LogP contribution in [0.5, 0.6) is 5.75 Å². The van der Waals surface area contributed by atoms with Gasteiger partial charge in [0, 0.05) is 56.2 Å². The minimum Gasteiger partial charge on any atom is -0.494 e. The minimum atomic E-state index is -1.38. The van der Waals surface area contributed by atoms with Crippen molar-refractivity contribution in [2.75, 3.05) is 38.2 Å². The molecule has 4 heterocycles. The summed E-state index contributed by atoms with van der Waals surface area (Å²) in [5.74, 6) is 0.908. The number of hydrogen-bond donors (Lipinski definition) is 0. The molecule has 2 fully saturated rings. The van der Waals surface area contributed by atoms with E-state index < -0.39 is 5.67 Å². The summed E-state index contributed by atoms with van der Waals surface area (Å²) in [4.78, 5) is 25.4. The number of pyridine rings is 2. The van der Waals surface area contributed by atoms with E-state index in [9.17, 15) is 9.18 Å². The molecule has 0 bridgehead atoms. The topological polar surface area (TPSA) is 71.7 Å². The van der Waals surface area contributed by atoms with E-state index in [1.165, 1.54) is 6.20 Å². The van der Waals surface area contributed by atoms with E-state index in [4.69, 9.17) is 9.15 Å². The third kappa shape index (κ3) is 3.08. The number of aromatic nitrogens is 2. The molecule has 1 saturated carbocycles. The van der Waals surface area contributed by atoms with Gasteiger partial charge in [0.2, 0.25) is 0 Å². The Morgan fingerprint density at radius 3 is 2.69 bits per heavy atom. The van der Waals surface area contributed by atoms with Crippen LogP contribution in [0.15, 0.2) is 41.3 Å². The zero-order chi connectivity index (χ0) is 20.0. The predicted octanol–water partition coefficient (Wildman–Crippen LogP) is 3.15. The van der Waals surface area contributed by atoms with Crippen LogP contribution in [-0.4, -0.2) is 54.1 Å². The molecular formula is C21H21FN4O3. The molecule has 0 atom stereocenters. The number of hydrogen-bond acceptors (Lipinski definition) is 6. The monoisotopic (exact) mass is 396 g/mol. The Morgan fingerprint density at radius 2 is 1.97 bits per heavy atom. The van der Waals surface area contributed by atoms with E-state index >= 15 is 0 Å². The molecule has 7 nitrogen and oxygen atoms in total. The number of piperazine rings is 1. The Morgan fingerprint density at radius 1 is 1.17 bits per heavy atom. The second-order valence-electron chi connectivity index (χ2n) is 7.51. The molecule has 5 rings (SSSR count). The summed E-state index contributed by atoms with van der Waals surface area (Å²) in [6.45, 7) is 2.42. The Hall–Kier alpha value is -3.16. The summed E-state index contributed by atoms with van der Waals surface area (Å²) < 4.78 is 25.6. The van der Waals surface area contributed by atoms with Crippen LogP contribution in [0.4, 0.5) is 10.1 Å². The van der Waals surface area contributed by atoms with Gasteiger partial charge in [-0.25, -0.2) is 4.39 Å². The minimum absolute atomic E-state index is 0.148. The van der Waals surface area contributed by atoms with Gasteiger partial charge in [0.15, 0.2) is 5.67 Å². The third-order valence-electron chi connectivity index (χ3n) is 5.67. The van der Waals surface area contributed by atoms with E-state index in [0.717, 1.165) is 11.4 Å². The van der Waals surface area contributed by atoms with Crippen molar-refractivity contribution in [3.8, 4) is 5.75 Å². The van der Waals surface area contributed by atoms with Gasteiger partial charge in [-0.3, -0.25) is 14.8 Å². The van der Waals surface area contributed by atoms with Gasteiger partial charge < -0.3 is 19.0 Å². The number of methoxy groups -OCH3 is 1. The lowest BCUT2D eigenvalue weighted by molar-refractivity contribution is 0.0747. The fourth-order valence-corrected chi connectivity index (χ4v) is 3.80. The largest absolute Gasteiger partial charge is 0.494 e. The van der Waals surface area contributed by atoms with Gasteiger partial charge in [-0.15, -0.1) is 0 Å². The number of carbonyl (C=O) groups excluding carboxylic acids is 1. The molecule has 1 saturated heterocycles. The molecule has 0 spiro atoms. The maximum atomic E-state index is 14.4. The van der Waals surface area contributed by atoms with Gasteiger partial charge >= 0.3 is 0 Å². The van der Waals surface area contributed by atoms with Crippen LogP contribution in [-0.2, 0) is 5.67 Å². The van der Waals surface area contributed by atoms with E-state index in [-0.39, 0.29) is 5.91 Å². The summed E-state index contributed by atoms with van der Waals surface area (Å²) in [6.07, 6.45) is 7.50. The summed E-state index contributed by atoms with van der Waals surface area (Å²) in [5, 5.41) is 0.661. The average Bonchev–Trinajstić information content (AvgIpc) is 3.36. The highest BCUT2D eigenvalue weighted by molar-refractivity contribution is 6.04. The first kappa shape index (κ1) is 17.9. The Bertz CT molecular complexity index is 1070.